The molecular weight excluding hydrogens is 308 g/mol. The first-order valence-electron chi connectivity index (χ1n) is 8.19. The van der Waals surface area contributed by atoms with Crippen LogP contribution in [0.15, 0.2) is 89.3 Å². The molecule has 0 atom stereocenters. The van der Waals surface area contributed by atoms with Crippen LogP contribution in [0, 0.1) is 0 Å². The minimum absolute atomic E-state index is 0.746. The lowest BCUT2D eigenvalue weighted by atomic mass is 10.2. The van der Waals surface area contributed by atoms with Crippen LogP contribution in [-0.4, -0.2) is 9.97 Å². The largest absolute Gasteiger partial charge is 0.453 e. The monoisotopic (exact) mass is 322 g/mol. The number of furan rings is 1. The highest BCUT2D eigenvalue weighted by atomic mass is 16.3. The van der Waals surface area contributed by atoms with E-state index in [0.717, 1.165) is 44.7 Å². The average Bonchev–Trinajstić information content (AvgIpc) is 3.17. The van der Waals surface area contributed by atoms with Crippen molar-refractivity contribution in [2.75, 3.05) is 0 Å². The van der Waals surface area contributed by atoms with E-state index in [-0.39, 0.29) is 0 Å². The SMILES string of the molecule is c1ccc2nc(-c3ccc(-c4ccc5ccccc5n4)o3)ccc2c1. The number of benzene rings is 2. The molecule has 118 valence electrons. The Morgan fingerprint density at radius 1 is 0.480 bits per heavy atom. The first-order valence-corrected chi connectivity index (χ1v) is 8.19. The predicted molar refractivity (Wildman–Crippen MR) is 100 cm³/mol. The molecule has 5 rings (SSSR count). The number of rotatable bonds is 2. The fourth-order valence-electron chi connectivity index (χ4n) is 3.02. The molecule has 3 aromatic heterocycles. The molecule has 3 heterocycles. The lowest BCUT2D eigenvalue weighted by Gasteiger charge is -2.01. The second-order valence-corrected chi connectivity index (χ2v) is 5.94. The highest BCUT2D eigenvalue weighted by molar-refractivity contribution is 5.82. The molecule has 0 unspecified atom stereocenters. The van der Waals surface area contributed by atoms with E-state index in [4.69, 9.17) is 4.42 Å². The minimum Gasteiger partial charge on any atom is -0.453 e. The molecule has 0 aliphatic carbocycles. The smallest absolute Gasteiger partial charge is 0.153 e. The third-order valence-corrected chi connectivity index (χ3v) is 4.31. The van der Waals surface area contributed by atoms with Crippen molar-refractivity contribution >= 4 is 21.8 Å². The second-order valence-electron chi connectivity index (χ2n) is 5.94. The summed E-state index contributed by atoms with van der Waals surface area (Å²) >= 11 is 0. The molecule has 0 aliphatic heterocycles. The number of para-hydroxylation sites is 2. The van der Waals surface area contributed by atoms with Crippen molar-refractivity contribution in [2.24, 2.45) is 0 Å². The summed E-state index contributed by atoms with van der Waals surface area (Å²) in [5.41, 5.74) is 3.57. The van der Waals surface area contributed by atoms with E-state index in [1.807, 2.05) is 60.7 Å². The molecule has 5 aromatic rings. The summed E-state index contributed by atoms with van der Waals surface area (Å²) in [4.78, 5) is 9.38. The molecule has 0 saturated carbocycles. The van der Waals surface area contributed by atoms with Gasteiger partial charge in [-0.1, -0.05) is 48.5 Å². The Morgan fingerprint density at radius 3 is 1.48 bits per heavy atom. The summed E-state index contributed by atoms with van der Waals surface area (Å²) in [7, 11) is 0. The Kier molecular flexibility index (Phi) is 3.10. The van der Waals surface area contributed by atoms with E-state index < -0.39 is 0 Å². The van der Waals surface area contributed by atoms with Crippen molar-refractivity contribution in [3.63, 3.8) is 0 Å². The van der Waals surface area contributed by atoms with Crippen LogP contribution < -0.4 is 0 Å². The van der Waals surface area contributed by atoms with Gasteiger partial charge in [-0.15, -0.1) is 0 Å². The van der Waals surface area contributed by atoms with Crippen molar-refractivity contribution in [3.05, 3.63) is 84.9 Å². The summed E-state index contributed by atoms with van der Waals surface area (Å²) in [6.45, 7) is 0. The summed E-state index contributed by atoms with van der Waals surface area (Å²) in [5.74, 6) is 1.49. The number of fused-ring (bicyclic) bond motifs is 2. The predicted octanol–water partition coefficient (Wildman–Crippen LogP) is 5.71. The third kappa shape index (κ3) is 2.46. The van der Waals surface area contributed by atoms with E-state index in [2.05, 4.69) is 34.2 Å². The maximum absolute atomic E-state index is 6.03. The van der Waals surface area contributed by atoms with Gasteiger partial charge >= 0.3 is 0 Å². The average molecular weight is 322 g/mol. The van der Waals surface area contributed by atoms with Crippen molar-refractivity contribution in [3.8, 4) is 22.9 Å². The van der Waals surface area contributed by atoms with Gasteiger partial charge in [0.1, 0.15) is 11.4 Å². The Morgan fingerprint density at radius 2 is 0.960 bits per heavy atom. The van der Waals surface area contributed by atoms with Gasteiger partial charge in [-0.25, -0.2) is 9.97 Å². The van der Waals surface area contributed by atoms with Crippen molar-refractivity contribution in [2.45, 2.75) is 0 Å². The molecule has 0 spiro atoms. The normalized spacial score (nSPS) is 11.2. The maximum Gasteiger partial charge on any atom is 0.153 e. The van der Waals surface area contributed by atoms with Crippen LogP contribution >= 0.6 is 0 Å². The number of hydrogen-bond donors (Lipinski definition) is 0. The highest BCUT2D eigenvalue weighted by Gasteiger charge is 2.10. The van der Waals surface area contributed by atoms with Crippen LogP contribution in [0.3, 0.4) is 0 Å². The molecule has 0 radical (unpaired) electrons. The number of hydrogen-bond acceptors (Lipinski definition) is 3. The first kappa shape index (κ1) is 13.9. The Bertz CT molecular complexity index is 1110. The molecular formula is C22H14N2O. The zero-order chi connectivity index (χ0) is 16.6. The maximum atomic E-state index is 6.03. The summed E-state index contributed by atoms with van der Waals surface area (Å²) in [6, 6.07) is 28.1. The minimum atomic E-state index is 0.746. The summed E-state index contributed by atoms with van der Waals surface area (Å²) in [6.07, 6.45) is 0. The summed E-state index contributed by atoms with van der Waals surface area (Å²) in [5, 5.41) is 2.24. The van der Waals surface area contributed by atoms with Crippen LogP contribution in [0.25, 0.3) is 44.7 Å². The zero-order valence-corrected chi connectivity index (χ0v) is 13.4. The zero-order valence-electron chi connectivity index (χ0n) is 13.4. The van der Waals surface area contributed by atoms with Gasteiger partial charge in [0.2, 0.25) is 0 Å². The first-order chi connectivity index (χ1) is 12.4. The van der Waals surface area contributed by atoms with E-state index in [1.165, 1.54) is 0 Å². The molecule has 0 bridgehead atoms. The van der Waals surface area contributed by atoms with Gasteiger partial charge in [0, 0.05) is 10.8 Å². The van der Waals surface area contributed by atoms with Gasteiger partial charge in [-0.2, -0.15) is 0 Å². The second kappa shape index (κ2) is 5.56. The highest BCUT2D eigenvalue weighted by Crippen LogP contribution is 2.28. The molecule has 0 N–H and O–H groups in total. The van der Waals surface area contributed by atoms with Gasteiger partial charge in [0.25, 0.3) is 0 Å². The molecule has 3 heteroatoms. The van der Waals surface area contributed by atoms with Gasteiger partial charge in [-0.3, -0.25) is 0 Å². The van der Waals surface area contributed by atoms with Crippen molar-refractivity contribution in [1.29, 1.82) is 0 Å². The van der Waals surface area contributed by atoms with Crippen LogP contribution in [0.5, 0.6) is 0 Å². The van der Waals surface area contributed by atoms with Gasteiger partial charge in [0.05, 0.1) is 11.0 Å². The van der Waals surface area contributed by atoms with E-state index in [0.29, 0.717) is 0 Å². The number of nitrogens with zero attached hydrogens (tertiary/aromatic N) is 2. The van der Waals surface area contributed by atoms with Crippen molar-refractivity contribution in [1.82, 2.24) is 9.97 Å². The fraction of sp³-hybridized carbons (Fsp3) is 0. The Labute approximate surface area is 144 Å². The third-order valence-electron chi connectivity index (χ3n) is 4.31. The molecule has 3 nitrogen and oxygen atoms in total. The van der Waals surface area contributed by atoms with Crippen LogP contribution in [-0.2, 0) is 0 Å². The lowest BCUT2D eigenvalue weighted by molar-refractivity contribution is 0.593. The van der Waals surface area contributed by atoms with Gasteiger partial charge in [0.15, 0.2) is 11.5 Å². The van der Waals surface area contributed by atoms with E-state index in [1.54, 1.807) is 0 Å². The van der Waals surface area contributed by atoms with Gasteiger partial charge < -0.3 is 4.42 Å². The molecule has 0 amide bonds. The Balaban J connectivity index is 1.57. The van der Waals surface area contributed by atoms with Gasteiger partial charge in [-0.05, 0) is 36.4 Å². The molecule has 0 aliphatic rings. The number of aromatic nitrogens is 2. The van der Waals surface area contributed by atoms with E-state index in [9.17, 15) is 0 Å². The van der Waals surface area contributed by atoms with Crippen LogP contribution in [0.1, 0.15) is 0 Å². The summed E-state index contributed by atoms with van der Waals surface area (Å²) < 4.78 is 6.03. The fourth-order valence-corrected chi connectivity index (χ4v) is 3.02. The topological polar surface area (TPSA) is 38.9 Å². The molecule has 25 heavy (non-hydrogen) atoms. The van der Waals surface area contributed by atoms with E-state index >= 15 is 0 Å². The Hall–Kier alpha value is -3.46. The van der Waals surface area contributed by atoms with Crippen LogP contribution in [0.2, 0.25) is 0 Å². The molecule has 0 fully saturated rings. The molecule has 0 saturated heterocycles. The standard InChI is InChI=1S/C22H14N2O/c1-3-7-17-15(5-1)9-11-19(23-17)21-13-14-22(25-21)20-12-10-16-6-2-4-8-18(16)24-20/h1-14H. The van der Waals surface area contributed by atoms with Crippen molar-refractivity contribution < 1.29 is 4.42 Å². The molecule has 2 aromatic carbocycles. The number of pyridine rings is 2. The quantitative estimate of drug-likeness (QED) is 0.418. The lowest BCUT2D eigenvalue weighted by Crippen LogP contribution is -1.84. The van der Waals surface area contributed by atoms with Crippen LogP contribution in [0.4, 0.5) is 0 Å².